The van der Waals surface area contributed by atoms with Crippen LogP contribution in [0.2, 0.25) is 10.0 Å². The fourth-order valence-corrected chi connectivity index (χ4v) is 1.91. The maximum Gasteiger partial charge on any atom is 0.129 e. The zero-order valence-electron chi connectivity index (χ0n) is 8.56. The first kappa shape index (κ1) is 12.8. The number of hydrogen-bond donors (Lipinski definition) is 1. The van der Waals surface area contributed by atoms with E-state index in [4.69, 9.17) is 28.9 Å². The van der Waals surface area contributed by atoms with Crippen LogP contribution < -0.4 is 5.73 Å². The molecule has 0 aliphatic rings. The van der Waals surface area contributed by atoms with Crippen LogP contribution in [0, 0.1) is 5.82 Å². The summed E-state index contributed by atoms with van der Waals surface area (Å²) in [6, 6.07) is 2.36. The van der Waals surface area contributed by atoms with E-state index >= 15 is 0 Å². The van der Waals surface area contributed by atoms with Crippen LogP contribution in [0.4, 0.5) is 4.39 Å². The van der Waals surface area contributed by atoms with E-state index < -0.39 is 0 Å². The number of hydrogen-bond acceptors (Lipinski definition) is 1. The summed E-state index contributed by atoms with van der Waals surface area (Å²) in [5.41, 5.74) is 6.20. The lowest BCUT2D eigenvalue weighted by Gasteiger charge is -2.14. The largest absolute Gasteiger partial charge is 0.324 e. The summed E-state index contributed by atoms with van der Waals surface area (Å²) >= 11 is 11.7. The average Bonchev–Trinajstić information content (AvgIpc) is 2.21. The summed E-state index contributed by atoms with van der Waals surface area (Å²) in [5, 5.41) is 0.584. The third kappa shape index (κ3) is 3.07. The Bertz CT molecular complexity index is 342. The van der Waals surface area contributed by atoms with Gasteiger partial charge >= 0.3 is 0 Å². The predicted molar refractivity (Wildman–Crippen MR) is 62.9 cm³/mol. The van der Waals surface area contributed by atoms with Crippen LogP contribution in [-0.4, -0.2) is 0 Å². The molecule has 2 N–H and O–H groups in total. The molecule has 1 atom stereocenters. The van der Waals surface area contributed by atoms with Gasteiger partial charge in [0.05, 0.1) is 10.0 Å². The molecule has 0 heterocycles. The normalized spacial score (nSPS) is 12.9. The highest BCUT2D eigenvalue weighted by Crippen LogP contribution is 2.33. The molecule has 4 heteroatoms. The molecule has 1 aromatic carbocycles. The summed E-state index contributed by atoms with van der Waals surface area (Å²) < 4.78 is 13.5. The van der Waals surface area contributed by atoms with Crippen molar-refractivity contribution >= 4 is 23.2 Å². The first-order chi connectivity index (χ1) is 7.07. The number of nitrogens with two attached hydrogens (primary N) is 1. The Hall–Kier alpha value is -0.310. The Kier molecular flexibility index (Phi) is 4.84. The first-order valence-electron chi connectivity index (χ1n) is 4.96. The van der Waals surface area contributed by atoms with E-state index in [0.29, 0.717) is 17.0 Å². The summed E-state index contributed by atoms with van der Waals surface area (Å²) in [4.78, 5) is 0. The van der Waals surface area contributed by atoms with Gasteiger partial charge in [0.1, 0.15) is 5.82 Å². The van der Waals surface area contributed by atoms with E-state index in [-0.39, 0.29) is 16.9 Å². The Morgan fingerprint density at radius 3 is 2.67 bits per heavy atom. The third-order valence-electron chi connectivity index (χ3n) is 2.32. The summed E-state index contributed by atoms with van der Waals surface area (Å²) in [5.74, 6) is -0.381. The smallest absolute Gasteiger partial charge is 0.129 e. The monoisotopic (exact) mass is 249 g/mol. The van der Waals surface area contributed by atoms with Gasteiger partial charge in [-0.3, -0.25) is 0 Å². The van der Waals surface area contributed by atoms with Crippen LogP contribution in [0.1, 0.15) is 37.8 Å². The quantitative estimate of drug-likeness (QED) is 0.791. The highest BCUT2D eigenvalue weighted by molar-refractivity contribution is 6.42. The van der Waals surface area contributed by atoms with Crippen molar-refractivity contribution in [1.82, 2.24) is 0 Å². The molecule has 0 spiro atoms. The van der Waals surface area contributed by atoms with E-state index in [1.165, 1.54) is 12.1 Å². The minimum Gasteiger partial charge on any atom is -0.324 e. The van der Waals surface area contributed by atoms with Crippen LogP contribution in [0.25, 0.3) is 0 Å². The summed E-state index contributed by atoms with van der Waals surface area (Å²) in [6.07, 6.45) is 2.68. The van der Waals surface area contributed by atoms with Gasteiger partial charge in [-0.25, -0.2) is 4.39 Å². The van der Waals surface area contributed by atoms with Crippen molar-refractivity contribution in [2.45, 2.75) is 32.2 Å². The van der Waals surface area contributed by atoms with E-state index in [1.54, 1.807) is 0 Å². The van der Waals surface area contributed by atoms with Gasteiger partial charge in [0.25, 0.3) is 0 Å². The molecule has 0 saturated heterocycles. The Morgan fingerprint density at radius 2 is 2.07 bits per heavy atom. The molecule has 0 fully saturated rings. The molecule has 15 heavy (non-hydrogen) atoms. The maximum absolute atomic E-state index is 13.5. The second-order valence-corrected chi connectivity index (χ2v) is 4.29. The molecule has 0 amide bonds. The van der Waals surface area contributed by atoms with Crippen molar-refractivity contribution in [1.29, 1.82) is 0 Å². The van der Waals surface area contributed by atoms with Gasteiger partial charge < -0.3 is 5.73 Å². The second kappa shape index (κ2) is 5.69. The van der Waals surface area contributed by atoms with Gasteiger partial charge in [-0.15, -0.1) is 0 Å². The summed E-state index contributed by atoms with van der Waals surface area (Å²) in [7, 11) is 0. The molecule has 84 valence electrons. The van der Waals surface area contributed by atoms with Gasteiger partial charge in [-0.2, -0.15) is 0 Å². The number of halogens is 3. The number of rotatable bonds is 4. The molecule has 0 bridgehead atoms. The van der Waals surface area contributed by atoms with Crippen molar-refractivity contribution in [2.24, 2.45) is 5.73 Å². The number of unbranched alkanes of at least 4 members (excludes halogenated alkanes) is 1. The van der Waals surface area contributed by atoms with Crippen LogP contribution in [-0.2, 0) is 0 Å². The topological polar surface area (TPSA) is 26.0 Å². The van der Waals surface area contributed by atoms with Crippen LogP contribution >= 0.6 is 23.2 Å². The molecular formula is C11H14Cl2FN. The van der Waals surface area contributed by atoms with Crippen LogP contribution in [0.3, 0.4) is 0 Å². The SMILES string of the molecule is CCCC[C@H](N)c1c(F)ccc(Cl)c1Cl. The van der Waals surface area contributed by atoms with E-state index in [1.807, 2.05) is 0 Å². The van der Waals surface area contributed by atoms with E-state index in [9.17, 15) is 4.39 Å². The minimum absolute atomic E-state index is 0.236. The Morgan fingerprint density at radius 1 is 1.40 bits per heavy atom. The van der Waals surface area contributed by atoms with Gasteiger partial charge in [0.2, 0.25) is 0 Å². The van der Waals surface area contributed by atoms with Gasteiger partial charge in [-0.05, 0) is 18.6 Å². The Labute approximate surface area is 99.4 Å². The molecular weight excluding hydrogens is 236 g/mol. The zero-order valence-corrected chi connectivity index (χ0v) is 10.1. The minimum atomic E-state index is -0.381. The molecule has 0 aliphatic heterocycles. The highest BCUT2D eigenvalue weighted by atomic mass is 35.5. The third-order valence-corrected chi connectivity index (χ3v) is 3.14. The fraction of sp³-hybridized carbons (Fsp3) is 0.455. The average molecular weight is 250 g/mol. The van der Waals surface area contributed by atoms with Crippen molar-refractivity contribution in [2.75, 3.05) is 0 Å². The molecule has 0 unspecified atom stereocenters. The van der Waals surface area contributed by atoms with Crippen LogP contribution in [0.5, 0.6) is 0 Å². The lowest BCUT2D eigenvalue weighted by atomic mass is 10.0. The van der Waals surface area contributed by atoms with Gasteiger partial charge in [-0.1, -0.05) is 43.0 Å². The van der Waals surface area contributed by atoms with Crippen molar-refractivity contribution in [3.63, 3.8) is 0 Å². The lowest BCUT2D eigenvalue weighted by Crippen LogP contribution is -2.12. The van der Waals surface area contributed by atoms with Gasteiger partial charge in [0.15, 0.2) is 0 Å². The molecule has 0 saturated carbocycles. The molecule has 1 aromatic rings. The zero-order chi connectivity index (χ0) is 11.4. The maximum atomic E-state index is 13.5. The van der Waals surface area contributed by atoms with E-state index in [0.717, 1.165) is 12.8 Å². The van der Waals surface area contributed by atoms with Gasteiger partial charge in [0, 0.05) is 11.6 Å². The predicted octanol–water partition coefficient (Wildman–Crippen LogP) is 4.32. The summed E-state index contributed by atoms with van der Waals surface area (Å²) in [6.45, 7) is 2.06. The Balaban J connectivity index is 2.96. The highest BCUT2D eigenvalue weighted by Gasteiger charge is 2.17. The first-order valence-corrected chi connectivity index (χ1v) is 5.72. The van der Waals surface area contributed by atoms with Crippen LogP contribution in [0.15, 0.2) is 12.1 Å². The lowest BCUT2D eigenvalue weighted by molar-refractivity contribution is 0.548. The molecule has 0 aromatic heterocycles. The standard InChI is InChI=1S/C11H14Cl2FN/c1-2-3-4-9(15)10-8(14)6-5-7(12)11(10)13/h5-6,9H,2-4,15H2,1H3/t9-/m0/s1. The van der Waals surface area contributed by atoms with E-state index in [2.05, 4.69) is 6.92 Å². The second-order valence-electron chi connectivity index (χ2n) is 3.51. The van der Waals surface area contributed by atoms with Crippen molar-refractivity contribution in [3.05, 3.63) is 33.6 Å². The fourth-order valence-electron chi connectivity index (χ4n) is 1.45. The van der Waals surface area contributed by atoms with Crippen molar-refractivity contribution < 1.29 is 4.39 Å². The molecule has 0 aliphatic carbocycles. The molecule has 1 rings (SSSR count). The number of benzene rings is 1. The molecule has 1 nitrogen and oxygen atoms in total. The molecule has 0 radical (unpaired) electrons. The van der Waals surface area contributed by atoms with Crippen molar-refractivity contribution in [3.8, 4) is 0 Å².